The Balaban J connectivity index is 4.09. The van der Waals surface area contributed by atoms with E-state index in [1.807, 2.05) is 21.1 Å². The summed E-state index contributed by atoms with van der Waals surface area (Å²) in [7, 11) is 2.58. The molecule has 0 radical (unpaired) electrons. The molecule has 14 heavy (non-hydrogen) atoms. The van der Waals surface area contributed by atoms with Crippen LogP contribution >= 0.6 is 7.60 Å². The molecule has 0 aliphatic heterocycles. The van der Waals surface area contributed by atoms with Crippen LogP contribution in [0.4, 0.5) is 0 Å². The molecule has 86 valence electrons. The van der Waals surface area contributed by atoms with Crippen molar-refractivity contribution in [1.82, 2.24) is 0 Å². The molecule has 0 aromatic carbocycles. The molecule has 0 saturated heterocycles. The second-order valence-electron chi connectivity index (χ2n) is 5.54. The van der Waals surface area contributed by atoms with Crippen LogP contribution in [0.15, 0.2) is 0 Å². The molecule has 1 N–H and O–H groups in total. The third-order valence-electron chi connectivity index (χ3n) is 1.88. The maximum Gasteiger partial charge on any atom is 0.333 e. The molecule has 0 heterocycles. The fourth-order valence-electron chi connectivity index (χ4n) is 0.632. The summed E-state index contributed by atoms with van der Waals surface area (Å²) in [6, 6.07) is 0. The van der Waals surface area contributed by atoms with Gasteiger partial charge in [0.25, 0.3) is 0 Å². The van der Waals surface area contributed by atoms with Crippen molar-refractivity contribution in [2.75, 3.05) is 34.3 Å². The number of likely N-dealkylation sites (N-methyl/N-ethyl adjacent to an activating group) is 1. The molecule has 0 fully saturated rings. The van der Waals surface area contributed by atoms with Crippen molar-refractivity contribution in [1.29, 1.82) is 0 Å². The van der Waals surface area contributed by atoms with Gasteiger partial charge in [-0.2, -0.15) is 0 Å². The molecule has 0 saturated carbocycles. The highest BCUT2D eigenvalue weighted by molar-refractivity contribution is 7.54. The zero-order valence-corrected chi connectivity index (χ0v) is 11.0. The van der Waals surface area contributed by atoms with E-state index in [2.05, 4.69) is 0 Å². The van der Waals surface area contributed by atoms with Crippen molar-refractivity contribution in [3.05, 3.63) is 0 Å². The fourth-order valence-corrected chi connectivity index (χ4v) is 1.35. The van der Waals surface area contributed by atoms with E-state index >= 15 is 0 Å². The van der Waals surface area contributed by atoms with Gasteiger partial charge in [0.2, 0.25) is 0 Å². The zero-order valence-electron chi connectivity index (χ0n) is 10.1. The monoisotopic (exact) mass is 224 g/mol. The van der Waals surface area contributed by atoms with E-state index in [1.54, 1.807) is 20.8 Å². The molecular formula is C9H23NO3P+. The Bertz CT molecular complexity index is 227. The highest BCUT2D eigenvalue weighted by Crippen LogP contribution is 2.54. The first-order valence-electron chi connectivity index (χ1n) is 4.74. The van der Waals surface area contributed by atoms with E-state index in [0.29, 0.717) is 6.61 Å². The average molecular weight is 224 g/mol. The number of nitrogens with zero attached hydrogens (tertiary/aromatic N) is 1. The predicted molar refractivity (Wildman–Crippen MR) is 58.4 cm³/mol. The van der Waals surface area contributed by atoms with Gasteiger partial charge in [-0.25, -0.2) is 0 Å². The molecule has 1 unspecified atom stereocenters. The summed E-state index contributed by atoms with van der Waals surface area (Å²) < 4.78 is 17.4. The first kappa shape index (κ1) is 14.1. The smallest absolute Gasteiger partial charge is 0.329 e. The Morgan fingerprint density at radius 3 is 2.00 bits per heavy atom. The van der Waals surface area contributed by atoms with E-state index in [4.69, 9.17) is 4.52 Å². The number of rotatable bonds is 4. The summed E-state index contributed by atoms with van der Waals surface area (Å²) in [6.45, 7) is 6.16. The van der Waals surface area contributed by atoms with Crippen LogP contribution in [0.5, 0.6) is 0 Å². The third-order valence-corrected chi connectivity index (χ3v) is 4.10. The average Bonchev–Trinajstić information content (AvgIpc) is 1.80. The lowest BCUT2D eigenvalue weighted by Crippen LogP contribution is -2.37. The van der Waals surface area contributed by atoms with Crippen LogP contribution in [0, 0.1) is 0 Å². The molecule has 0 aromatic heterocycles. The minimum Gasteiger partial charge on any atom is -0.329 e. The van der Waals surface area contributed by atoms with Crippen LogP contribution in [0.2, 0.25) is 0 Å². The summed E-state index contributed by atoms with van der Waals surface area (Å²) in [6.07, 6.45) is 0. The maximum absolute atomic E-state index is 11.6. The van der Waals surface area contributed by atoms with Crippen LogP contribution in [0.1, 0.15) is 20.8 Å². The molecule has 5 heteroatoms. The lowest BCUT2D eigenvalue weighted by atomic mass is 10.3. The van der Waals surface area contributed by atoms with Crippen LogP contribution < -0.4 is 0 Å². The topological polar surface area (TPSA) is 46.5 Å². The SMILES string of the molecule is CC(C)(C)P(=O)(O)OCC[N+](C)(C)C. The highest BCUT2D eigenvalue weighted by atomic mass is 31.2. The molecule has 0 amide bonds. The van der Waals surface area contributed by atoms with E-state index in [0.717, 1.165) is 11.0 Å². The second kappa shape index (κ2) is 4.31. The first-order chi connectivity index (χ1) is 5.96. The first-order valence-corrected chi connectivity index (χ1v) is 6.31. The Hall–Kier alpha value is 0.110. The lowest BCUT2D eigenvalue weighted by molar-refractivity contribution is -0.870. The molecule has 0 rings (SSSR count). The van der Waals surface area contributed by atoms with E-state index in [1.165, 1.54) is 0 Å². The van der Waals surface area contributed by atoms with E-state index in [9.17, 15) is 9.46 Å². The van der Waals surface area contributed by atoms with Crippen LogP contribution in [0.3, 0.4) is 0 Å². The van der Waals surface area contributed by atoms with Crippen molar-refractivity contribution in [3.8, 4) is 0 Å². The molecule has 0 aliphatic rings. The Labute approximate surface area is 87.0 Å². The van der Waals surface area contributed by atoms with E-state index < -0.39 is 12.8 Å². The molecule has 0 aliphatic carbocycles. The second-order valence-corrected chi connectivity index (χ2v) is 8.18. The van der Waals surface area contributed by atoms with Gasteiger partial charge < -0.3 is 13.9 Å². The molecule has 1 atom stereocenters. The molecule has 4 nitrogen and oxygen atoms in total. The minimum absolute atomic E-state index is 0.314. The Morgan fingerprint density at radius 1 is 1.29 bits per heavy atom. The van der Waals surface area contributed by atoms with Gasteiger partial charge >= 0.3 is 7.60 Å². The quantitative estimate of drug-likeness (QED) is 0.584. The van der Waals surface area contributed by atoms with Crippen molar-refractivity contribution in [2.24, 2.45) is 0 Å². The van der Waals surface area contributed by atoms with Crippen LogP contribution in [-0.4, -0.2) is 48.8 Å². The predicted octanol–water partition coefficient (Wildman–Crippen LogP) is 1.69. The van der Waals surface area contributed by atoms with Gasteiger partial charge in [0.05, 0.1) is 26.3 Å². The number of hydrogen-bond acceptors (Lipinski definition) is 2. The van der Waals surface area contributed by atoms with Gasteiger partial charge in [-0.05, 0) is 20.8 Å². The number of hydrogen-bond donors (Lipinski definition) is 1. The summed E-state index contributed by atoms with van der Waals surface area (Å²) in [5.74, 6) is 0. The van der Waals surface area contributed by atoms with Gasteiger partial charge in [0, 0.05) is 0 Å². The summed E-state index contributed by atoms with van der Waals surface area (Å²) in [4.78, 5) is 9.57. The van der Waals surface area contributed by atoms with Crippen molar-refractivity contribution in [2.45, 2.75) is 25.9 Å². The molecule has 0 aromatic rings. The maximum atomic E-state index is 11.6. The van der Waals surface area contributed by atoms with Crippen LogP contribution in [-0.2, 0) is 9.09 Å². The van der Waals surface area contributed by atoms with Crippen molar-refractivity contribution < 1.29 is 18.5 Å². The summed E-state index contributed by atoms with van der Waals surface area (Å²) in [5.41, 5.74) is 0. The number of quaternary nitrogens is 1. The molecule has 0 spiro atoms. The Kier molecular flexibility index (Phi) is 4.35. The third kappa shape index (κ3) is 5.11. The van der Waals surface area contributed by atoms with Crippen molar-refractivity contribution >= 4 is 7.60 Å². The van der Waals surface area contributed by atoms with E-state index in [-0.39, 0.29) is 0 Å². The van der Waals surface area contributed by atoms with Gasteiger partial charge in [-0.1, -0.05) is 0 Å². The Morgan fingerprint density at radius 2 is 1.71 bits per heavy atom. The van der Waals surface area contributed by atoms with Crippen LogP contribution in [0.25, 0.3) is 0 Å². The van der Waals surface area contributed by atoms with Gasteiger partial charge in [0.15, 0.2) is 0 Å². The zero-order chi connectivity index (χ0) is 11.6. The minimum atomic E-state index is -3.47. The lowest BCUT2D eigenvalue weighted by Gasteiger charge is -2.28. The highest BCUT2D eigenvalue weighted by Gasteiger charge is 2.36. The normalized spacial score (nSPS) is 17.9. The van der Waals surface area contributed by atoms with Gasteiger partial charge in [0.1, 0.15) is 13.2 Å². The van der Waals surface area contributed by atoms with Gasteiger partial charge in [-0.3, -0.25) is 4.57 Å². The van der Waals surface area contributed by atoms with Gasteiger partial charge in [-0.15, -0.1) is 0 Å². The fraction of sp³-hybridized carbons (Fsp3) is 1.00. The summed E-state index contributed by atoms with van der Waals surface area (Å²) >= 11 is 0. The summed E-state index contributed by atoms with van der Waals surface area (Å²) in [5, 5.41) is -0.697. The molecule has 0 bridgehead atoms. The molecular weight excluding hydrogens is 201 g/mol. The standard InChI is InChI=1S/C9H22NO3P/c1-9(2,3)14(11,12)13-8-7-10(4,5)6/h7-8H2,1-6H3/p+1. The van der Waals surface area contributed by atoms with Crippen molar-refractivity contribution in [3.63, 3.8) is 0 Å². The largest absolute Gasteiger partial charge is 0.333 e.